The summed E-state index contributed by atoms with van der Waals surface area (Å²) < 4.78 is 26.9. The van der Waals surface area contributed by atoms with Gasteiger partial charge in [-0.2, -0.15) is 0 Å². The zero-order valence-corrected chi connectivity index (χ0v) is 9.47. The van der Waals surface area contributed by atoms with Crippen LogP contribution in [0.15, 0.2) is 0 Å². The number of halogens is 1. The molecular formula is C8H13ClO4S. The second kappa shape index (κ2) is 4.49. The average molecular weight is 241 g/mol. The first kappa shape index (κ1) is 11.8. The third-order valence-corrected chi connectivity index (χ3v) is 4.54. The number of rotatable bonds is 2. The van der Waals surface area contributed by atoms with E-state index in [1.165, 1.54) is 7.11 Å². The molecule has 0 aliphatic heterocycles. The first-order chi connectivity index (χ1) is 6.46. The van der Waals surface area contributed by atoms with Gasteiger partial charge in [-0.25, -0.2) is 8.42 Å². The van der Waals surface area contributed by atoms with Gasteiger partial charge in [0.1, 0.15) is 0 Å². The normalized spacial score (nSPS) is 28.4. The van der Waals surface area contributed by atoms with Crippen LogP contribution in [0.5, 0.6) is 0 Å². The summed E-state index contributed by atoms with van der Waals surface area (Å²) in [5.41, 5.74) is 0. The summed E-state index contributed by atoms with van der Waals surface area (Å²) >= 11 is 0. The van der Waals surface area contributed by atoms with Crippen LogP contribution < -0.4 is 0 Å². The highest BCUT2D eigenvalue weighted by Gasteiger charge is 2.39. The highest BCUT2D eigenvalue weighted by molar-refractivity contribution is 8.14. The lowest BCUT2D eigenvalue weighted by Crippen LogP contribution is -2.36. The number of ether oxygens (including phenoxy) is 1. The molecule has 1 aliphatic carbocycles. The van der Waals surface area contributed by atoms with Gasteiger partial charge in [0.05, 0.1) is 18.3 Å². The number of carbonyl (C=O) groups excluding carboxylic acids is 1. The molecule has 0 amide bonds. The van der Waals surface area contributed by atoms with Gasteiger partial charge in [-0.15, -0.1) is 0 Å². The van der Waals surface area contributed by atoms with Gasteiger partial charge in [0.2, 0.25) is 9.05 Å². The number of carbonyl (C=O) groups is 1. The Morgan fingerprint density at radius 1 is 1.36 bits per heavy atom. The second-order valence-electron chi connectivity index (χ2n) is 3.43. The fourth-order valence-corrected chi connectivity index (χ4v) is 3.58. The maximum atomic E-state index is 11.3. The zero-order valence-electron chi connectivity index (χ0n) is 7.90. The Bertz CT molecular complexity index is 311. The van der Waals surface area contributed by atoms with Crippen LogP contribution in [-0.2, 0) is 18.6 Å². The van der Waals surface area contributed by atoms with Crippen molar-refractivity contribution in [2.45, 2.75) is 30.9 Å². The highest BCUT2D eigenvalue weighted by Crippen LogP contribution is 2.32. The van der Waals surface area contributed by atoms with E-state index in [-0.39, 0.29) is 0 Å². The van der Waals surface area contributed by atoms with Crippen LogP contribution >= 0.6 is 10.7 Å². The molecular weight excluding hydrogens is 228 g/mol. The monoisotopic (exact) mass is 240 g/mol. The topological polar surface area (TPSA) is 60.4 Å². The third-order valence-electron chi connectivity index (χ3n) is 2.57. The maximum absolute atomic E-state index is 11.3. The molecule has 0 spiro atoms. The van der Waals surface area contributed by atoms with E-state index in [0.717, 1.165) is 12.8 Å². The lowest BCUT2D eigenvalue weighted by Gasteiger charge is -2.26. The summed E-state index contributed by atoms with van der Waals surface area (Å²) in [6.07, 6.45) is 2.64. The van der Waals surface area contributed by atoms with Gasteiger partial charge in [-0.3, -0.25) is 4.79 Å². The van der Waals surface area contributed by atoms with Crippen molar-refractivity contribution in [3.63, 3.8) is 0 Å². The van der Waals surface area contributed by atoms with Gasteiger partial charge >= 0.3 is 5.97 Å². The van der Waals surface area contributed by atoms with E-state index in [2.05, 4.69) is 4.74 Å². The molecule has 0 radical (unpaired) electrons. The van der Waals surface area contributed by atoms with Crippen molar-refractivity contribution in [3.8, 4) is 0 Å². The Labute approximate surface area is 88.0 Å². The Morgan fingerprint density at radius 2 is 1.93 bits per heavy atom. The number of esters is 1. The van der Waals surface area contributed by atoms with Gasteiger partial charge in [0.25, 0.3) is 0 Å². The molecule has 1 rings (SSSR count). The molecule has 1 saturated carbocycles. The molecule has 1 aliphatic rings. The van der Waals surface area contributed by atoms with Gasteiger partial charge in [0, 0.05) is 10.7 Å². The summed E-state index contributed by atoms with van der Waals surface area (Å²) in [5.74, 6) is -1.06. The van der Waals surface area contributed by atoms with Gasteiger partial charge in [0.15, 0.2) is 0 Å². The Balaban J connectivity index is 2.85. The van der Waals surface area contributed by atoms with Crippen LogP contribution in [0.1, 0.15) is 25.7 Å². The molecule has 0 N–H and O–H groups in total. The molecule has 0 aromatic heterocycles. The SMILES string of the molecule is COC(=O)[C@@H]1CCCC[C@H]1S(=O)(=O)Cl. The molecule has 14 heavy (non-hydrogen) atoms. The predicted molar refractivity (Wildman–Crippen MR) is 52.5 cm³/mol. The van der Waals surface area contributed by atoms with Crippen LogP contribution in [0.25, 0.3) is 0 Å². The Kier molecular flexibility index (Phi) is 3.78. The van der Waals surface area contributed by atoms with Gasteiger partial charge in [-0.05, 0) is 12.8 Å². The molecule has 82 valence electrons. The van der Waals surface area contributed by atoms with Crippen LogP contribution in [0, 0.1) is 5.92 Å². The van der Waals surface area contributed by atoms with E-state index in [9.17, 15) is 13.2 Å². The van der Waals surface area contributed by atoms with E-state index in [1.54, 1.807) is 0 Å². The van der Waals surface area contributed by atoms with Crippen LogP contribution in [-0.4, -0.2) is 26.7 Å². The number of methoxy groups -OCH3 is 1. The van der Waals surface area contributed by atoms with E-state index in [0.29, 0.717) is 12.8 Å². The first-order valence-corrected chi connectivity index (χ1v) is 6.85. The Morgan fingerprint density at radius 3 is 2.43 bits per heavy atom. The smallest absolute Gasteiger partial charge is 0.310 e. The molecule has 1 fully saturated rings. The van der Waals surface area contributed by atoms with Crippen molar-refractivity contribution < 1.29 is 17.9 Å². The fourth-order valence-electron chi connectivity index (χ4n) is 1.85. The minimum Gasteiger partial charge on any atom is -0.469 e. The zero-order chi connectivity index (χ0) is 10.8. The summed E-state index contributed by atoms with van der Waals surface area (Å²) in [6.45, 7) is 0. The molecule has 0 heterocycles. The minimum atomic E-state index is -3.66. The quantitative estimate of drug-likeness (QED) is 0.539. The van der Waals surface area contributed by atoms with Crippen molar-refractivity contribution in [2.75, 3.05) is 7.11 Å². The molecule has 0 aromatic rings. The van der Waals surface area contributed by atoms with Crippen LogP contribution in [0.2, 0.25) is 0 Å². The highest BCUT2D eigenvalue weighted by atomic mass is 35.7. The molecule has 4 nitrogen and oxygen atoms in total. The molecule has 0 aromatic carbocycles. The van der Waals surface area contributed by atoms with E-state index < -0.39 is 26.2 Å². The maximum Gasteiger partial charge on any atom is 0.310 e. The molecule has 6 heteroatoms. The van der Waals surface area contributed by atoms with Crippen molar-refractivity contribution in [1.29, 1.82) is 0 Å². The van der Waals surface area contributed by atoms with Crippen molar-refractivity contribution in [1.82, 2.24) is 0 Å². The molecule has 0 saturated heterocycles. The molecule has 2 atom stereocenters. The molecule has 0 unspecified atom stereocenters. The van der Waals surface area contributed by atoms with Crippen LogP contribution in [0.4, 0.5) is 0 Å². The first-order valence-electron chi connectivity index (χ1n) is 4.48. The van der Waals surface area contributed by atoms with Gasteiger partial charge in [-0.1, -0.05) is 12.8 Å². The summed E-state index contributed by atoms with van der Waals surface area (Å²) in [6, 6.07) is 0. The van der Waals surface area contributed by atoms with E-state index >= 15 is 0 Å². The minimum absolute atomic E-state index is 0.450. The second-order valence-corrected chi connectivity index (χ2v) is 6.28. The van der Waals surface area contributed by atoms with Gasteiger partial charge < -0.3 is 4.74 Å². The summed E-state index contributed by atoms with van der Waals surface area (Å²) in [4.78, 5) is 11.3. The standard InChI is InChI=1S/C8H13ClO4S/c1-13-8(10)6-4-2-3-5-7(6)14(9,11)12/h6-7H,2-5H2,1H3/t6-,7-/m1/s1. The van der Waals surface area contributed by atoms with Crippen molar-refractivity contribution >= 4 is 25.7 Å². The molecule has 0 bridgehead atoms. The summed E-state index contributed by atoms with van der Waals surface area (Å²) in [7, 11) is 2.87. The van der Waals surface area contributed by atoms with Crippen molar-refractivity contribution in [3.05, 3.63) is 0 Å². The van der Waals surface area contributed by atoms with E-state index in [4.69, 9.17) is 10.7 Å². The van der Waals surface area contributed by atoms with Crippen molar-refractivity contribution in [2.24, 2.45) is 5.92 Å². The largest absolute Gasteiger partial charge is 0.469 e. The average Bonchev–Trinajstić information content (AvgIpc) is 2.15. The van der Waals surface area contributed by atoms with E-state index in [1.807, 2.05) is 0 Å². The number of hydrogen-bond acceptors (Lipinski definition) is 4. The lowest BCUT2D eigenvalue weighted by molar-refractivity contribution is -0.146. The fraction of sp³-hybridized carbons (Fsp3) is 0.875. The lowest BCUT2D eigenvalue weighted by atomic mass is 9.89. The van der Waals surface area contributed by atoms with Crippen LogP contribution in [0.3, 0.4) is 0 Å². The Hall–Kier alpha value is -0.290. The third kappa shape index (κ3) is 2.60. The summed E-state index contributed by atoms with van der Waals surface area (Å²) in [5, 5.41) is -0.773. The number of hydrogen-bond donors (Lipinski definition) is 0. The predicted octanol–water partition coefficient (Wildman–Crippen LogP) is 1.29.